The Morgan fingerprint density at radius 1 is 1.30 bits per heavy atom. The summed E-state index contributed by atoms with van der Waals surface area (Å²) >= 11 is 0. The van der Waals surface area contributed by atoms with E-state index in [9.17, 15) is 9.59 Å². The number of hydrogen-bond donors (Lipinski definition) is 1. The number of nitrogens with one attached hydrogen (secondary N) is 1. The normalized spacial score (nSPS) is 10.6. The van der Waals surface area contributed by atoms with E-state index < -0.39 is 0 Å². The first-order chi connectivity index (χ1) is 11.0. The third-order valence-electron chi connectivity index (χ3n) is 3.54. The van der Waals surface area contributed by atoms with Crippen molar-refractivity contribution >= 4 is 22.8 Å². The van der Waals surface area contributed by atoms with Gasteiger partial charge < -0.3 is 19.4 Å². The lowest BCUT2D eigenvalue weighted by molar-refractivity contribution is -0.143. The molecule has 0 unspecified atom stereocenters. The molecular weight excluding hydrogens is 296 g/mol. The van der Waals surface area contributed by atoms with Gasteiger partial charge in [0.05, 0.1) is 13.7 Å². The highest BCUT2D eigenvalue weighted by atomic mass is 16.5. The summed E-state index contributed by atoms with van der Waals surface area (Å²) in [5.41, 5.74) is 1.99. The number of esters is 1. The lowest BCUT2D eigenvalue weighted by Gasteiger charge is -2.05. The summed E-state index contributed by atoms with van der Waals surface area (Å²) < 4.78 is 12.2. The zero-order valence-corrected chi connectivity index (χ0v) is 13.7. The molecule has 6 heteroatoms. The molecule has 1 heterocycles. The quantitative estimate of drug-likeness (QED) is 0.792. The van der Waals surface area contributed by atoms with Gasteiger partial charge in [-0.05, 0) is 37.1 Å². The molecule has 2 aromatic rings. The van der Waals surface area contributed by atoms with Crippen LogP contribution in [0.3, 0.4) is 0 Å². The Labute approximate surface area is 135 Å². The number of hydrogen-bond acceptors (Lipinski definition) is 4. The second-order valence-electron chi connectivity index (χ2n) is 5.20. The molecule has 1 aromatic carbocycles. The van der Waals surface area contributed by atoms with E-state index in [1.54, 1.807) is 14.0 Å². The summed E-state index contributed by atoms with van der Waals surface area (Å²) in [4.78, 5) is 22.8. The van der Waals surface area contributed by atoms with Crippen LogP contribution >= 0.6 is 0 Å². The highest BCUT2D eigenvalue weighted by molar-refractivity contribution is 5.87. The van der Waals surface area contributed by atoms with Crippen LogP contribution < -0.4 is 10.1 Å². The monoisotopic (exact) mass is 318 g/mol. The van der Waals surface area contributed by atoms with Gasteiger partial charge >= 0.3 is 5.97 Å². The van der Waals surface area contributed by atoms with Crippen molar-refractivity contribution in [3.63, 3.8) is 0 Å². The maximum atomic E-state index is 11.8. The van der Waals surface area contributed by atoms with Crippen molar-refractivity contribution in [2.45, 2.75) is 26.8 Å². The predicted octanol–water partition coefficient (Wildman–Crippen LogP) is 1.89. The zero-order valence-electron chi connectivity index (χ0n) is 13.7. The average Bonchev–Trinajstić information content (AvgIpc) is 2.84. The maximum Gasteiger partial charge on any atom is 0.325 e. The van der Waals surface area contributed by atoms with E-state index in [4.69, 9.17) is 9.47 Å². The van der Waals surface area contributed by atoms with Gasteiger partial charge in [0, 0.05) is 30.6 Å². The van der Waals surface area contributed by atoms with Crippen molar-refractivity contribution in [3.05, 3.63) is 30.0 Å². The molecule has 0 radical (unpaired) electrons. The van der Waals surface area contributed by atoms with E-state index in [0.29, 0.717) is 19.6 Å². The van der Waals surface area contributed by atoms with Gasteiger partial charge in [-0.15, -0.1) is 0 Å². The molecule has 0 aliphatic heterocycles. The van der Waals surface area contributed by atoms with Gasteiger partial charge in [0.1, 0.15) is 12.3 Å². The van der Waals surface area contributed by atoms with Crippen LogP contribution in [-0.4, -0.2) is 36.7 Å². The van der Waals surface area contributed by atoms with Crippen LogP contribution in [0.15, 0.2) is 24.4 Å². The molecule has 0 saturated carbocycles. The van der Waals surface area contributed by atoms with E-state index in [0.717, 1.165) is 22.2 Å². The minimum Gasteiger partial charge on any atom is -0.497 e. The van der Waals surface area contributed by atoms with Crippen LogP contribution in [0.2, 0.25) is 0 Å². The number of benzene rings is 1. The number of amides is 1. The first-order valence-corrected chi connectivity index (χ1v) is 7.61. The Hall–Kier alpha value is -2.50. The molecule has 0 aliphatic carbocycles. The Morgan fingerprint density at radius 3 is 2.74 bits per heavy atom. The van der Waals surface area contributed by atoms with E-state index in [-0.39, 0.29) is 18.4 Å². The molecule has 0 aliphatic rings. The molecule has 6 nitrogen and oxygen atoms in total. The topological polar surface area (TPSA) is 69.6 Å². The van der Waals surface area contributed by atoms with Crippen LogP contribution in [0.5, 0.6) is 5.75 Å². The minimum absolute atomic E-state index is 0.0576. The highest BCUT2D eigenvalue weighted by Gasteiger charge is 2.12. The van der Waals surface area contributed by atoms with Crippen molar-refractivity contribution in [3.8, 4) is 5.75 Å². The van der Waals surface area contributed by atoms with Crippen molar-refractivity contribution < 1.29 is 19.1 Å². The van der Waals surface area contributed by atoms with Crippen LogP contribution in [0.25, 0.3) is 10.9 Å². The van der Waals surface area contributed by atoms with E-state index in [1.807, 2.05) is 29.0 Å². The summed E-state index contributed by atoms with van der Waals surface area (Å²) in [5.74, 6) is 0.429. The largest absolute Gasteiger partial charge is 0.497 e. The first kappa shape index (κ1) is 16.9. The second kappa shape index (κ2) is 7.67. The molecular formula is C17H22N2O4. The van der Waals surface area contributed by atoms with Gasteiger partial charge in [0.25, 0.3) is 0 Å². The van der Waals surface area contributed by atoms with E-state index in [2.05, 4.69) is 5.32 Å². The standard InChI is InChI=1S/C17H22N2O4/c1-4-23-17(21)11-19-10-13(7-8-18-12(2)20)15-9-14(22-3)5-6-16(15)19/h5-6,9-10H,4,7-8,11H2,1-3H3,(H,18,20). The predicted molar refractivity (Wildman–Crippen MR) is 87.5 cm³/mol. The molecule has 0 bridgehead atoms. The molecule has 124 valence electrons. The van der Waals surface area contributed by atoms with E-state index in [1.165, 1.54) is 6.92 Å². The van der Waals surface area contributed by atoms with E-state index >= 15 is 0 Å². The number of ether oxygens (including phenoxy) is 2. The van der Waals surface area contributed by atoms with Crippen molar-refractivity contribution in [2.75, 3.05) is 20.3 Å². The SMILES string of the molecule is CCOC(=O)Cn1cc(CCNC(C)=O)c2cc(OC)ccc21. The van der Waals surface area contributed by atoms with Gasteiger partial charge in [-0.25, -0.2) is 0 Å². The number of carbonyl (C=O) groups excluding carboxylic acids is 2. The van der Waals surface area contributed by atoms with Crippen molar-refractivity contribution in [2.24, 2.45) is 0 Å². The average molecular weight is 318 g/mol. The molecule has 1 amide bonds. The summed E-state index contributed by atoms with van der Waals surface area (Å²) in [7, 11) is 1.62. The van der Waals surface area contributed by atoms with Crippen LogP contribution in [0.1, 0.15) is 19.4 Å². The molecule has 0 atom stereocenters. The molecule has 0 fully saturated rings. The molecule has 1 aromatic heterocycles. The zero-order chi connectivity index (χ0) is 16.8. The number of methoxy groups -OCH3 is 1. The van der Waals surface area contributed by atoms with Crippen molar-refractivity contribution in [1.82, 2.24) is 9.88 Å². The number of rotatable bonds is 7. The fourth-order valence-corrected chi connectivity index (χ4v) is 2.53. The summed E-state index contributed by atoms with van der Waals surface area (Å²) in [5, 5.41) is 3.80. The highest BCUT2D eigenvalue weighted by Crippen LogP contribution is 2.26. The van der Waals surface area contributed by atoms with Gasteiger partial charge in [-0.3, -0.25) is 9.59 Å². The Morgan fingerprint density at radius 2 is 2.09 bits per heavy atom. The third-order valence-corrected chi connectivity index (χ3v) is 3.54. The Kier molecular flexibility index (Phi) is 5.62. The molecule has 1 N–H and O–H groups in total. The summed E-state index contributed by atoms with van der Waals surface area (Å²) in [6.07, 6.45) is 2.61. The van der Waals surface area contributed by atoms with Crippen molar-refractivity contribution in [1.29, 1.82) is 0 Å². The molecule has 23 heavy (non-hydrogen) atoms. The Balaban J connectivity index is 2.31. The maximum absolute atomic E-state index is 11.8. The lowest BCUT2D eigenvalue weighted by atomic mass is 10.1. The van der Waals surface area contributed by atoms with Crippen LogP contribution in [0.4, 0.5) is 0 Å². The van der Waals surface area contributed by atoms with Gasteiger partial charge in [0.2, 0.25) is 5.91 Å². The van der Waals surface area contributed by atoms with Gasteiger partial charge in [-0.1, -0.05) is 0 Å². The van der Waals surface area contributed by atoms with Gasteiger partial charge in [-0.2, -0.15) is 0 Å². The van der Waals surface area contributed by atoms with Crippen LogP contribution in [-0.2, 0) is 27.3 Å². The Bertz CT molecular complexity index is 706. The lowest BCUT2D eigenvalue weighted by Crippen LogP contribution is -2.22. The number of aromatic nitrogens is 1. The smallest absolute Gasteiger partial charge is 0.325 e. The fraction of sp³-hybridized carbons (Fsp3) is 0.412. The molecule has 0 saturated heterocycles. The molecule has 2 rings (SSSR count). The molecule has 0 spiro atoms. The first-order valence-electron chi connectivity index (χ1n) is 7.61. The van der Waals surface area contributed by atoms with Crippen LogP contribution in [0, 0.1) is 0 Å². The minimum atomic E-state index is -0.270. The number of carbonyl (C=O) groups is 2. The van der Waals surface area contributed by atoms with Gasteiger partial charge in [0.15, 0.2) is 0 Å². The summed E-state index contributed by atoms with van der Waals surface area (Å²) in [6.45, 7) is 4.35. The number of nitrogens with zero attached hydrogens (tertiary/aromatic N) is 1. The third kappa shape index (κ3) is 4.25. The number of fused-ring (bicyclic) bond motifs is 1. The summed E-state index contributed by atoms with van der Waals surface area (Å²) in [6, 6.07) is 5.73. The fourth-order valence-electron chi connectivity index (χ4n) is 2.53. The second-order valence-corrected chi connectivity index (χ2v) is 5.20.